The first-order chi connectivity index (χ1) is 8.13. The Labute approximate surface area is 99.7 Å². The molecule has 0 spiro atoms. The van der Waals surface area contributed by atoms with Crippen LogP contribution in [0.1, 0.15) is 17.1 Å². The van der Waals surface area contributed by atoms with Crippen LogP contribution < -0.4 is 5.73 Å². The highest BCUT2D eigenvalue weighted by Gasteiger charge is 2.16. The monoisotopic (exact) mass is 229 g/mol. The van der Waals surface area contributed by atoms with Gasteiger partial charge < -0.3 is 10.6 Å². The van der Waals surface area contributed by atoms with Crippen LogP contribution in [0.3, 0.4) is 0 Å². The van der Waals surface area contributed by atoms with Gasteiger partial charge in [0.05, 0.1) is 5.39 Å². The third-order valence-electron chi connectivity index (χ3n) is 3.17. The molecule has 88 valence electrons. The number of likely N-dealkylation sites (N-methyl/N-ethyl adjacent to an activating group) is 1. The molecular weight excluding hydrogens is 214 g/mol. The first-order valence-electron chi connectivity index (χ1n) is 5.74. The number of nitrogen functional groups attached to an aromatic ring is 1. The fraction of sp³-hybridized carbons (Fsp3) is 0.417. The molecule has 0 bridgehead atoms. The smallest absolute Gasteiger partial charge is 0.165 e. The highest BCUT2D eigenvalue weighted by Crippen LogP contribution is 2.23. The minimum absolute atomic E-state index is 0.524. The lowest BCUT2D eigenvalue weighted by molar-refractivity contribution is 0.310. The van der Waals surface area contributed by atoms with E-state index in [1.807, 2.05) is 6.92 Å². The second-order valence-electron chi connectivity index (χ2n) is 4.61. The number of hydrogen-bond donors (Lipinski definition) is 1. The standard InChI is InChI=1S/C12H15N5/c1-7-14-11(13)9-5-8-6-17(2)4-3-10(8)16-12(9)15-7/h5H,3-4,6H2,1-2H3,(H2,13,14,15,16). The van der Waals surface area contributed by atoms with Crippen LogP contribution in [0.25, 0.3) is 11.0 Å². The molecule has 5 heteroatoms. The van der Waals surface area contributed by atoms with Gasteiger partial charge in [-0.3, -0.25) is 0 Å². The van der Waals surface area contributed by atoms with E-state index >= 15 is 0 Å². The van der Waals surface area contributed by atoms with Gasteiger partial charge >= 0.3 is 0 Å². The molecule has 2 N–H and O–H groups in total. The molecule has 2 aromatic rings. The van der Waals surface area contributed by atoms with Gasteiger partial charge in [-0.15, -0.1) is 0 Å². The number of anilines is 1. The molecule has 1 aliphatic rings. The minimum Gasteiger partial charge on any atom is -0.383 e. The van der Waals surface area contributed by atoms with E-state index in [1.165, 1.54) is 5.56 Å². The number of aryl methyl sites for hydroxylation is 1. The van der Waals surface area contributed by atoms with E-state index in [0.717, 1.165) is 36.2 Å². The Morgan fingerprint density at radius 2 is 2.12 bits per heavy atom. The maximum atomic E-state index is 5.92. The molecule has 3 rings (SSSR count). The number of nitrogens with two attached hydrogens (primary N) is 1. The third kappa shape index (κ3) is 1.72. The van der Waals surface area contributed by atoms with Gasteiger partial charge in [0.1, 0.15) is 11.6 Å². The number of nitrogens with zero attached hydrogens (tertiary/aromatic N) is 4. The van der Waals surface area contributed by atoms with Gasteiger partial charge in [0.25, 0.3) is 0 Å². The predicted octanol–water partition coefficient (Wildman–Crippen LogP) is 0.903. The molecule has 17 heavy (non-hydrogen) atoms. The number of aromatic nitrogens is 3. The van der Waals surface area contributed by atoms with Crippen molar-refractivity contribution < 1.29 is 0 Å². The van der Waals surface area contributed by atoms with Crippen molar-refractivity contribution in [3.05, 3.63) is 23.1 Å². The van der Waals surface area contributed by atoms with E-state index < -0.39 is 0 Å². The van der Waals surface area contributed by atoms with Crippen LogP contribution in [-0.2, 0) is 13.0 Å². The number of fused-ring (bicyclic) bond motifs is 2. The summed E-state index contributed by atoms with van der Waals surface area (Å²) in [5.41, 5.74) is 9.03. The Balaban J connectivity index is 2.25. The normalized spacial score (nSPS) is 16.1. The summed E-state index contributed by atoms with van der Waals surface area (Å²) in [5.74, 6) is 1.20. The zero-order valence-electron chi connectivity index (χ0n) is 10.1. The highest BCUT2D eigenvalue weighted by atomic mass is 15.1. The van der Waals surface area contributed by atoms with Crippen molar-refractivity contribution in [3.8, 4) is 0 Å². The maximum absolute atomic E-state index is 5.92. The van der Waals surface area contributed by atoms with E-state index in [1.54, 1.807) is 0 Å². The second kappa shape index (κ2) is 3.63. The van der Waals surface area contributed by atoms with E-state index in [-0.39, 0.29) is 0 Å². The van der Waals surface area contributed by atoms with Crippen molar-refractivity contribution in [1.29, 1.82) is 0 Å². The van der Waals surface area contributed by atoms with E-state index in [0.29, 0.717) is 11.6 Å². The molecular formula is C12H15N5. The van der Waals surface area contributed by atoms with Crippen LogP contribution in [0.15, 0.2) is 6.07 Å². The van der Waals surface area contributed by atoms with Crippen LogP contribution in [0, 0.1) is 6.92 Å². The van der Waals surface area contributed by atoms with Crippen molar-refractivity contribution >= 4 is 16.9 Å². The molecule has 0 saturated carbocycles. The molecule has 0 atom stereocenters. The Bertz CT molecular complexity index is 593. The van der Waals surface area contributed by atoms with Crippen molar-refractivity contribution in [2.24, 2.45) is 0 Å². The van der Waals surface area contributed by atoms with Gasteiger partial charge in [-0.05, 0) is 25.6 Å². The zero-order chi connectivity index (χ0) is 12.0. The zero-order valence-corrected chi connectivity index (χ0v) is 10.1. The molecule has 1 aliphatic heterocycles. The van der Waals surface area contributed by atoms with Gasteiger partial charge in [-0.25, -0.2) is 15.0 Å². The Morgan fingerprint density at radius 3 is 2.94 bits per heavy atom. The topological polar surface area (TPSA) is 67.9 Å². The molecule has 0 fully saturated rings. The summed E-state index contributed by atoms with van der Waals surface area (Å²) < 4.78 is 0. The predicted molar refractivity (Wildman–Crippen MR) is 66.5 cm³/mol. The van der Waals surface area contributed by atoms with Crippen LogP contribution in [-0.4, -0.2) is 33.4 Å². The van der Waals surface area contributed by atoms with Crippen molar-refractivity contribution in [2.75, 3.05) is 19.3 Å². The summed E-state index contributed by atoms with van der Waals surface area (Å²) in [6.07, 6.45) is 0.977. The number of hydrogen-bond acceptors (Lipinski definition) is 5. The first kappa shape index (κ1) is 10.4. The SMILES string of the molecule is Cc1nc(N)c2cc3c(nc2n1)CCN(C)C3. The van der Waals surface area contributed by atoms with Gasteiger partial charge in [0, 0.05) is 25.2 Å². The average molecular weight is 229 g/mol. The quantitative estimate of drug-likeness (QED) is 0.727. The van der Waals surface area contributed by atoms with Crippen LogP contribution in [0.2, 0.25) is 0 Å². The Kier molecular flexibility index (Phi) is 2.22. The second-order valence-corrected chi connectivity index (χ2v) is 4.61. The molecule has 2 aromatic heterocycles. The lowest BCUT2D eigenvalue weighted by Crippen LogP contribution is -2.27. The summed E-state index contributed by atoms with van der Waals surface area (Å²) in [6.45, 7) is 3.81. The Hall–Kier alpha value is -1.75. The summed E-state index contributed by atoms with van der Waals surface area (Å²) >= 11 is 0. The molecule has 0 saturated heterocycles. The summed E-state index contributed by atoms with van der Waals surface area (Å²) in [4.78, 5) is 15.4. The fourth-order valence-corrected chi connectivity index (χ4v) is 2.29. The third-order valence-corrected chi connectivity index (χ3v) is 3.17. The number of rotatable bonds is 0. The van der Waals surface area contributed by atoms with Crippen molar-refractivity contribution in [2.45, 2.75) is 19.9 Å². The molecule has 0 radical (unpaired) electrons. The van der Waals surface area contributed by atoms with E-state index in [4.69, 9.17) is 5.73 Å². The van der Waals surface area contributed by atoms with Gasteiger partial charge in [-0.2, -0.15) is 0 Å². The van der Waals surface area contributed by atoms with E-state index in [9.17, 15) is 0 Å². The lowest BCUT2D eigenvalue weighted by Gasteiger charge is -2.24. The molecule has 0 aliphatic carbocycles. The van der Waals surface area contributed by atoms with Crippen molar-refractivity contribution in [3.63, 3.8) is 0 Å². The van der Waals surface area contributed by atoms with Crippen molar-refractivity contribution in [1.82, 2.24) is 19.9 Å². The van der Waals surface area contributed by atoms with Crippen LogP contribution in [0.5, 0.6) is 0 Å². The maximum Gasteiger partial charge on any atom is 0.165 e. The summed E-state index contributed by atoms with van der Waals surface area (Å²) in [7, 11) is 2.11. The highest BCUT2D eigenvalue weighted by molar-refractivity contribution is 5.86. The largest absolute Gasteiger partial charge is 0.383 e. The van der Waals surface area contributed by atoms with Crippen LogP contribution >= 0.6 is 0 Å². The van der Waals surface area contributed by atoms with Crippen LogP contribution in [0.4, 0.5) is 5.82 Å². The minimum atomic E-state index is 0.524. The first-order valence-corrected chi connectivity index (χ1v) is 5.74. The fourth-order valence-electron chi connectivity index (χ4n) is 2.29. The summed E-state index contributed by atoms with van der Waals surface area (Å²) in [5, 5.41) is 0.865. The number of pyridine rings is 1. The molecule has 3 heterocycles. The van der Waals surface area contributed by atoms with Gasteiger partial charge in [0.2, 0.25) is 0 Å². The van der Waals surface area contributed by atoms with Gasteiger partial charge in [0.15, 0.2) is 5.65 Å². The molecule has 0 aromatic carbocycles. The molecule has 0 amide bonds. The van der Waals surface area contributed by atoms with E-state index in [2.05, 4.69) is 33.0 Å². The molecule has 0 unspecified atom stereocenters. The average Bonchev–Trinajstić information content (AvgIpc) is 2.27. The lowest BCUT2D eigenvalue weighted by atomic mass is 10.0. The summed E-state index contributed by atoms with van der Waals surface area (Å²) in [6, 6.07) is 2.09. The molecule has 5 nitrogen and oxygen atoms in total. The van der Waals surface area contributed by atoms with Gasteiger partial charge in [-0.1, -0.05) is 0 Å². The Morgan fingerprint density at radius 1 is 1.29 bits per heavy atom.